The molecule has 4 N–H and O–H groups in total. The van der Waals surface area contributed by atoms with Crippen LogP contribution in [0.15, 0.2) is 28.1 Å². The van der Waals surface area contributed by atoms with Crippen molar-refractivity contribution in [3.05, 3.63) is 32.9 Å². The average Bonchev–Trinajstić information content (AvgIpc) is 3.21. The van der Waals surface area contributed by atoms with Crippen molar-refractivity contribution in [3.63, 3.8) is 0 Å². The molecule has 25 heavy (non-hydrogen) atoms. The van der Waals surface area contributed by atoms with Crippen LogP contribution in [-0.2, 0) is 11.2 Å². The lowest BCUT2D eigenvalue weighted by Crippen LogP contribution is -2.57. The summed E-state index contributed by atoms with van der Waals surface area (Å²) in [5.41, 5.74) is 6.36. The third kappa shape index (κ3) is 5.37. The Balaban J connectivity index is 0.00000151. The molecule has 2 aromatic heterocycles. The van der Waals surface area contributed by atoms with Crippen molar-refractivity contribution < 1.29 is 10.0 Å². The summed E-state index contributed by atoms with van der Waals surface area (Å²) in [6.07, 6.45) is 1.30. The molecule has 2 heterocycles. The Morgan fingerprint density at radius 1 is 1.16 bits per heavy atom. The van der Waals surface area contributed by atoms with E-state index in [-0.39, 0.29) is 0 Å². The van der Waals surface area contributed by atoms with Crippen molar-refractivity contribution in [1.82, 2.24) is 5.48 Å². The van der Waals surface area contributed by atoms with Gasteiger partial charge < -0.3 is 5.73 Å². The van der Waals surface area contributed by atoms with Gasteiger partial charge >= 0.3 is 0 Å². The van der Waals surface area contributed by atoms with Gasteiger partial charge in [-0.05, 0) is 73.8 Å². The molecule has 0 bridgehead atoms. The van der Waals surface area contributed by atoms with E-state index < -0.39 is 16.9 Å². The summed E-state index contributed by atoms with van der Waals surface area (Å²) < 4.78 is 1.11. The van der Waals surface area contributed by atoms with E-state index in [0.717, 1.165) is 10.2 Å². The summed E-state index contributed by atoms with van der Waals surface area (Å²) in [5.74, 6) is -0.441. The SMILES string of the molecule is CC.CC(C)(N)C(C)(CCc1ccc(-c2ccc(Br)s2)s1)C(=O)NO. The average molecular weight is 447 g/mol. The molecule has 2 aromatic rings. The maximum atomic E-state index is 12.1. The molecule has 1 atom stereocenters. The van der Waals surface area contributed by atoms with Crippen LogP contribution in [0.3, 0.4) is 0 Å². The summed E-state index contributed by atoms with van der Waals surface area (Å²) in [7, 11) is 0. The normalized spacial score (nSPS) is 13.6. The number of aryl methyl sites for hydroxylation is 1. The number of thiophene rings is 2. The maximum absolute atomic E-state index is 12.1. The van der Waals surface area contributed by atoms with Crippen LogP contribution in [0.4, 0.5) is 0 Å². The number of nitrogens with two attached hydrogens (primary N) is 1. The monoisotopic (exact) mass is 446 g/mol. The molecule has 0 aromatic carbocycles. The Morgan fingerprint density at radius 3 is 2.20 bits per heavy atom. The molecule has 0 radical (unpaired) electrons. The molecule has 1 unspecified atom stereocenters. The van der Waals surface area contributed by atoms with E-state index in [0.29, 0.717) is 6.42 Å². The summed E-state index contributed by atoms with van der Waals surface area (Å²) in [6, 6.07) is 8.33. The van der Waals surface area contributed by atoms with Crippen LogP contribution in [0.1, 0.15) is 45.9 Å². The quantitative estimate of drug-likeness (QED) is 0.407. The third-order valence-corrected chi connectivity index (χ3v) is 7.34. The second-order valence-corrected chi connectivity index (χ2v) is 10.00. The van der Waals surface area contributed by atoms with Crippen LogP contribution in [0.2, 0.25) is 0 Å². The number of carbonyl (C=O) groups excluding carboxylic acids is 1. The van der Waals surface area contributed by atoms with Crippen molar-refractivity contribution >= 4 is 44.5 Å². The number of amides is 1. The molecule has 2 rings (SSSR count). The van der Waals surface area contributed by atoms with Gasteiger partial charge in [0.1, 0.15) is 0 Å². The summed E-state index contributed by atoms with van der Waals surface area (Å²) in [5, 5.41) is 9.03. The molecular weight excluding hydrogens is 420 g/mol. The van der Waals surface area contributed by atoms with Crippen molar-refractivity contribution in [2.24, 2.45) is 11.1 Å². The second-order valence-electron chi connectivity index (χ2n) is 6.36. The zero-order valence-corrected chi connectivity index (χ0v) is 18.6. The van der Waals surface area contributed by atoms with Gasteiger partial charge in [0.15, 0.2) is 0 Å². The van der Waals surface area contributed by atoms with Crippen molar-refractivity contribution in [1.29, 1.82) is 0 Å². The molecule has 0 spiro atoms. The fraction of sp³-hybridized carbons (Fsp3) is 0.500. The fourth-order valence-electron chi connectivity index (χ4n) is 2.32. The molecule has 1 amide bonds. The van der Waals surface area contributed by atoms with E-state index in [2.05, 4.69) is 34.1 Å². The molecule has 0 saturated heterocycles. The van der Waals surface area contributed by atoms with E-state index in [1.165, 1.54) is 14.6 Å². The number of hydroxylamine groups is 1. The first-order chi connectivity index (χ1) is 11.7. The number of hydrogen-bond donors (Lipinski definition) is 3. The van der Waals surface area contributed by atoms with E-state index >= 15 is 0 Å². The first kappa shape index (κ1) is 22.3. The number of halogens is 1. The first-order valence-electron chi connectivity index (χ1n) is 8.25. The number of hydrogen-bond acceptors (Lipinski definition) is 5. The zero-order valence-electron chi connectivity index (χ0n) is 15.4. The minimum atomic E-state index is -0.849. The first-order valence-corrected chi connectivity index (χ1v) is 10.7. The highest BCUT2D eigenvalue weighted by Crippen LogP contribution is 2.38. The third-order valence-electron chi connectivity index (χ3n) is 4.37. The van der Waals surface area contributed by atoms with Gasteiger partial charge in [0, 0.05) is 20.2 Å². The molecule has 0 aliphatic carbocycles. The lowest BCUT2D eigenvalue weighted by atomic mass is 9.70. The molecule has 140 valence electrons. The van der Waals surface area contributed by atoms with Gasteiger partial charge in [-0.25, -0.2) is 5.48 Å². The minimum absolute atomic E-state index is 0.441. The lowest BCUT2D eigenvalue weighted by Gasteiger charge is -2.39. The van der Waals surface area contributed by atoms with Crippen LogP contribution < -0.4 is 11.2 Å². The van der Waals surface area contributed by atoms with Gasteiger partial charge in [-0.1, -0.05) is 13.8 Å². The van der Waals surface area contributed by atoms with Crippen LogP contribution in [0, 0.1) is 5.41 Å². The molecule has 0 aliphatic rings. The highest BCUT2D eigenvalue weighted by molar-refractivity contribution is 9.11. The molecular formula is C18H27BrN2O2S2. The van der Waals surface area contributed by atoms with Crippen LogP contribution in [-0.4, -0.2) is 16.7 Å². The molecule has 0 fully saturated rings. The van der Waals surface area contributed by atoms with E-state index in [4.69, 9.17) is 10.9 Å². The fourth-order valence-corrected chi connectivity index (χ4v) is 4.80. The molecule has 0 aliphatic heterocycles. The smallest absolute Gasteiger partial charge is 0.251 e. The standard InChI is InChI=1S/C16H21BrN2O2S2.C2H6/c1-15(2,18)16(3,14(20)19-21)9-8-10-4-5-11(22-10)12-6-7-13(17)23-12;1-2/h4-7,21H,8-9,18H2,1-3H3,(H,19,20);1-2H3. The Kier molecular flexibility index (Phi) is 8.28. The van der Waals surface area contributed by atoms with Gasteiger partial charge in [-0.2, -0.15) is 0 Å². The Morgan fingerprint density at radius 2 is 1.72 bits per heavy atom. The molecule has 0 saturated carbocycles. The van der Waals surface area contributed by atoms with Gasteiger partial charge in [0.05, 0.1) is 9.20 Å². The lowest BCUT2D eigenvalue weighted by molar-refractivity contribution is -0.142. The van der Waals surface area contributed by atoms with Crippen molar-refractivity contribution in [2.45, 2.75) is 53.0 Å². The predicted octanol–water partition coefficient (Wildman–Crippen LogP) is 5.45. The largest absolute Gasteiger partial charge is 0.325 e. The summed E-state index contributed by atoms with van der Waals surface area (Å²) in [6.45, 7) is 9.42. The Hall–Kier alpha value is -0.730. The van der Waals surface area contributed by atoms with Gasteiger partial charge in [0.2, 0.25) is 0 Å². The topological polar surface area (TPSA) is 75.4 Å². The predicted molar refractivity (Wildman–Crippen MR) is 111 cm³/mol. The van der Waals surface area contributed by atoms with Crippen molar-refractivity contribution in [3.8, 4) is 9.75 Å². The minimum Gasteiger partial charge on any atom is -0.325 e. The van der Waals surface area contributed by atoms with E-state index in [9.17, 15) is 4.79 Å². The van der Waals surface area contributed by atoms with Crippen LogP contribution in [0.5, 0.6) is 0 Å². The van der Waals surface area contributed by atoms with E-state index in [1.54, 1.807) is 35.1 Å². The summed E-state index contributed by atoms with van der Waals surface area (Å²) in [4.78, 5) is 15.7. The maximum Gasteiger partial charge on any atom is 0.251 e. The number of carbonyl (C=O) groups is 1. The second kappa shape index (κ2) is 9.28. The van der Waals surface area contributed by atoms with Crippen LogP contribution >= 0.6 is 38.6 Å². The Labute approximate surface area is 166 Å². The van der Waals surface area contributed by atoms with Gasteiger partial charge in [-0.3, -0.25) is 10.0 Å². The summed E-state index contributed by atoms with van der Waals surface area (Å²) >= 11 is 6.90. The van der Waals surface area contributed by atoms with Gasteiger partial charge in [0.25, 0.3) is 5.91 Å². The Bertz CT molecular complexity index is 691. The van der Waals surface area contributed by atoms with Crippen molar-refractivity contribution in [2.75, 3.05) is 0 Å². The highest BCUT2D eigenvalue weighted by atomic mass is 79.9. The molecule has 4 nitrogen and oxygen atoms in total. The highest BCUT2D eigenvalue weighted by Gasteiger charge is 2.44. The number of nitrogens with one attached hydrogen (secondary N) is 1. The van der Waals surface area contributed by atoms with Gasteiger partial charge in [-0.15, -0.1) is 22.7 Å². The zero-order chi connectivity index (χ0) is 19.3. The van der Waals surface area contributed by atoms with Crippen LogP contribution in [0.25, 0.3) is 9.75 Å². The number of rotatable bonds is 6. The van der Waals surface area contributed by atoms with E-state index in [1.807, 2.05) is 33.8 Å². The molecule has 7 heteroatoms.